The lowest BCUT2D eigenvalue weighted by Gasteiger charge is -2.06. The fourth-order valence-electron chi connectivity index (χ4n) is 2.90. The maximum Gasteiger partial charge on any atom is 0.186 e. The number of phenols is 1. The number of azo groups is 1. The molecule has 2 aromatic heterocycles. The van der Waals surface area contributed by atoms with Gasteiger partial charge < -0.3 is 5.11 Å². The zero-order valence-corrected chi connectivity index (χ0v) is 14.7. The third-order valence-corrected chi connectivity index (χ3v) is 5.47. The molecule has 25 heavy (non-hydrogen) atoms. The SMILES string of the molecule is Cc1sc2ncnc(N=NCc3c(O)ccc4ccccc34)c2c1C. The van der Waals surface area contributed by atoms with E-state index in [0.717, 1.165) is 32.1 Å². The van der Waals surface area contributed by atoms with Gasteiger partial charge in [-0.15, -0.1) is 16.5 Å². The van der Waals surface area contributed by atoms with E-state index in [2.05, 4.69) is 27.1 Å². The Morgan fingerprint density at radius 3 is 2.80 bits per heavy atom. The van der Waals surface area contributed by atoms with Crippen molar-refractivity contribution < 1.29 is 5.11 Å². The van der Waals surface area contributed by atoms with E-state index in [0.29, 0.717) is 12.4 Å². The molecule has 0 aliphatic rings. The van der Waals surface area contributed by atoms with Crippen molar-refractivity contribution in [1.29, 1.82) is 0 Å². The van der Waals surface area contributed by atoms with Crippen molar-refractivity contribution in [3.63, 3.8) is 0 Å². The highest BCUT2D eigenvalue weighted by Gasteiger charge is 2.12. The highest BCUT2D eigenvalue weighted by atomic mass is 32.1. The normalized spacial score (nSPS) is 11.8. The number of hydrogen-bond donors (Lipinski definition) is 1. The molecule has 0 spiro atoms. The van der Waals surface area contributed by atoms with Crippen LogP contribution in [0.3, 0.4) is 0 Å². The molecule has 124 valence electrons. The van der Waals surface area contributed by atoms with Gasteiger partial charge in [-0.3, -0.25) is 0 Å². The Hall–Kier alpha value is -2.86. The van der Waals surface area contributed by atoms with Crippen molar-refractivity contribution in [2.24, 2.45) is 10.2 Å². The number of phenolic OH excluding ortho intramolecular Hbond substituents is 1. The monoisotopic (exact) mass is 348 g/mol. The van der Waals surface area contributed by atoms with Gasteiger partial charge in [0.1, 0.15) is 16.9 Å². The summed E-state index contributed by atoms with van der Waals surface area (Å²) in [6.45, 7) is 4.41. The molecule has 0 aliphatic heterocycles. The Morgan fingerprint density at radius 1 is 1.08 bits per heavy atom. The van der Waals surface area contributed by atoms with Gasteiger partial charge in [-0.1, -0.05) is 30.3 Å². The third kappa shape index (κ3) is 2.74. The average Bonchev–Trinajstić information content (AvgIpc) is 2.92. The van der Waals surface area contributed by atoms with Crippen LogP contribution in [-0.4, -0.2) is 15.1 Å². The second kappa shape index (κ2) is 6.22. The van der Waals surface area contributed by atoms with E-state index < -0.39 is 0 Å². The van der Waals surface area contributed by atoms with Crippen LogP contribution in [0.15, 0.2) is 53.0 Å². The van der Waals surface area contributed by atoms with Gasteiger partial charge in [0.05, 0.1) is 11.9 Å². The predicted octanol–water partition coefficient (Wildman–Crippen LogP) is 5.45. The Kier molecular flexibility index (Phi) is 3.89. The van der Waals surface area contributed by atoms with Crippen LogP contribution < -0.4 is 0 Å². The van der Waals surface area contributed by atoms with Crippen LogP contribution in [0.25, 0.3) is 21.0 Å². The highest BCUT2D eigenvalue weighted by Crippen LogP contribution is 2.34. The fraction of sp³-hybridized carbons (Fsp3) is 0.158. The molecule has 0 amide bonds. The first-order valence-electron chi connectivity index (χ1n) is 7.93. The number of nitrogens with zero attached hydrogens (tertiary/aromatic N) is 4. The second-order valence-corrected chi connectivity index (χ2v) is 7.05. The van der Waals surface area contributed by atoms with Crippen molar-refractivity contribution in [2.45, 2.75) is 20.4 Å². The Balaban J connectivity index is 1.72. The predicted molar refractivity (Wildman–Crippen MR) is 101 cm³/mol. The molecular weight excluding hydrogens is 332 g/mol. The number of hydrogen-bond acceptors (Lipinski definition) is 6. The number of aromatic nitrogens is 2. The van der Waals surface area contributed by atoms with Crippen LogP contribution in [0.1, 0.15) is 16.0 Å². The molecule has 4 rings (SSSR count). The number of rotatable bonds is 3. The van der Waals surface area contributed by atoms with Gasteiger partial charge in [-0.2, -0.15) is 5.11 Å². The Bertz CT molecular complexity index is 1120. The number of aryl methyl sites for hydroxylation is 2. The van der Waals surface area contributed by atoms with Crippen LogP contribution >= 0.6 is 11.3 Å². The van der Waals surface area contributed by atoms with Crippen molar-refractivity contribution in [3.8, 4) is 5.75 Å². The number of benzene rings is 2. The lowest BCUT2D eigenvalue weighted by Crippen LogP contribution is -1.86. The van der Waals surface area contributed by atoms with Crippen LogP contribution in [0.2, 0.25) is 0 Å². The molecule has 4 aromatic rings. The summed E-state index contributed by atoms with van der Waals surface area (Å²) in [5.74, 6) is 0.805. The molecule has 6 heteroatoms. The quantitative estimate of drug-likeness (QED) is 0.500. The van der Waals surface area contributed by atoms with Crippen molar-refractivity contribution >= 4 is 38.1 Å². The van der Waals surface area contributed by atoms with E-state index in [4.69, 9.17) is 0 Å². The summed E-state index contributed by atoms with van der Waals surface area (Å²) >= 11 is 1.63. The topological polar surface area (TPSA) is 70.7 Å². The summed E-state index contributed by atoms with van der Waals surface area (Å²) in [4.78, 5) is 10.7. The Morgan fingerprint density at radius 2 is 1.92 bits per heavy atom. The first-order valence-corrected chi connectivity index (χ1v) is 8.74. The lowest BCUT2D eigenvalue weighted by molar-refractivity contribution is 0.469. The smallest absolute Gasteiger partial charge is 0.186 e. The average molecular weight is 348 g/mol. The number of aromatic hydroxyl groups is 1. The fourth-order valence-corrected chi connectivity index (χ4v) is 3.89. The third-order valence-electron chi connectivity index (χ3n) is 4.36. The molecule has 0 unspecified atom stereocenters. The molecule has 1 N–H and O–H groups in total. The van der Waals surface area contributed by atoms with Gasteiger partial charge in [0.15, 0.2) is 5.82 Å². The van der Waals surface area contributed by atoms with E-state index in [1.807, 2.05) is 37.3 Å². The van der Waals surface area contributed by atoms with E-state index in [9.17, 15) is 5.11 Å². The van der Waals surface area contributed by atoms with Crippen molar-refractivity contribution in [3.05, 3.63) is 58.7 Å². The number of thiophene rings is 1. The molecule has 0 atom stereocenters. The Labute approximate surface area is 148 Å². The van der Waals surface area contributed by atoms with E-state index in [1.54, 1.807) is 17.4 Å². The molecule has 5 nitrogen and oxygen atoms in total. The zero-order valence-electron chi connectivity index (χ0n) is 13.9. The lowest BCUT2D eigenvalue weighted by atomic mass is 10.0. The first-order chi connectivity index (χ1) is 12.1. The van der Waals surface area contributed by atoms with Gasteiger partial charge in [0.2, 0.25) is 0 Å². The first kappa shape index (κ1) is 15.7. The maximum absolute atomic E-state index is 10.2. The largest absolute Gasteiger partial charge is 0.508 e. The second-order valence-electron chi connectivity index (χ2n) is 5.84. The van der Waals surface area contributed by atoms with Crippen LogP contribution in [0, 0.1) is 13.8 Å². The van der Waals surface area contributed by atoms with Crippen LogP contribution in [0.4, 0.5) is 5.82 Å². The van der Waals surface area contributed by atoms with Gasteiger partial charge in [0, 0.05) is 10.4 Å². The molecule has 0 bridgehead atoms. The minimum atomic E-state index is 0.230. The minimum absolute atomic E-state index is 0.230. The molecule has 0 radical (unpaired) electrons. The van der Waals surface area contributed by atoms with E-state index in [-0.39, 0.29) is 5.75 Å². The summed E-state index contributed by atoms with van der Waals surface area (Å²) in [6, 6.07) is 11.5. The van der Waals surface area contributed by atoms with Gasteiger partial charge >= 0.3 is 0 Å². The molecule has 0 fully saturated rings. The van der Waals surface area contributed by atoms with Crippen molar-refractivity contribution in [2.75, 3.05) is 0 Å². The maximum atomic E-state index is 10.2. The zero-order chi connectivity index (χ0) is 17.4. The molecule has 2 aromatic carbocycles. The van der Waals surface area contributed by atoms with Gasteiger partial charge in [-0.25, -0.2) is 9.97 Å². The highest BCUT2D eigenvalue weighted by molar-refractivity contribution is 7.18. The standard InChI is InChI=1S/C19H16N4OS/c1-11-12(2)25-19-17(11)18(20-10-21-19)23-22-9-15-14-6-4-3-5-13(14)7-8-16(15)24/h3-8,10,24H,9H2,1-2H3. The number of fused-ring (bicyclic) bond motifs is 2. The molecule has 2 heterocycles. The van der Waals surface area contributed by atoms with Gasteiger partial charge in [0.25, 0.3) is 0 Å². The van der Waals surface area contributed by atoms with E-state index >= 15 is 0 Å². The summed E-state index contributed by atoms with van der Waals surface area (Å²) in [6.07, 6.45) is 1.52. The minimum Gasteiger partial charge on any atom is -0.508 e. The van der Waals surface area contributed by atoms with E-state index in [1.165, 1.54) is 11.2 Å². The molecule has 0 aliphatic carbocycles. The molecule has 0 saturated carbocycles. The van der Waals surface area contributed by atoms with Crippen LogP contribution in [-0.2, 0) is 6.54 Å². The van der Waals surface area contributed by atoms with Gasteiger partial charge in [-0.05, 0) is 36.2 Å². The van der Waals surface area contributed by atoms with Crippen molar-refractivity contribution in [1.82, 2.24) is 9.97 Å². The summed E-state index contributed by atoms with van der Waals surface area (Å²) in [7, 11) is 0. The molecule has 0 saturated heterocycles. The summed E-state index contributed by atoms with van der Waals surface area (Å²) in [5, 5.41) is 21.8. The summed E-state index contributed by atoms with van der Waals surface area (Å²) < 4.78 is 0. The summed E-state index contributed by atoms with van der Waals surface area (Å²) in [5.41, 5.74) is 1.91. The molecular formula is C19H16N4OS. The van der Waals surface area contributed by atoms with Crippen LogP contribution in [0.5, 0.6) is 5.75 Å².